The third kappa shape index (κ3) is 4.05. The predicted octanol–water partition coefficient (Wildman–Crippen LogP) is 3.10. The molecule has 3 rings (SSSR count). The summed E-state index contributed by atoms with van der Waals surface area (Å²) in [4.78, 5) is 29.2. The molecule has 0 aromatic carbocycles. The Kier molecular flexibility index (Phi) is 5.04. The Bertz CT molecular complexity index is 697. The van der Waals surface area contributed by atoms with Crippen molar-refractivity contribution in [3.05, 3.63) is 23.0 Å². The highest BCUT2D eigenvalue weighted by atomic mass is 16.2. The molecule has 1 aliphatic carbocycles. The lowest BCUT2D eigenvalue weighted by Crippen LogP contribution is -2.49. The minimum atomic E-state index is -0.251. The average molecular weight is 361 g/mol. The molecule has 2 aliphatic rings. The van der Waals surface area contributed by atoms with E-state index in [0.717, 1.165) is 17.7 Å². The Morgan fingerprint density at radius 1 is 1.04 bits per heavy atom. The van der Waals surface area contributed by atoms with Gasteiger partial charge in [-0.2, -0.15) is 0 Å². The van der Waals surface area contributed by atoms with Crippen molar-refractivity contribution in [2.75, 3.05) is 26.2 Å². The number of nitrogens with zero attached hydrogens (tertiary/aromatic N) is 3. The minimum Gasteiger partial charge on any atom is -0.345 e. The predicted molar refractivity (Wildman–Crippen MR) is 103 cm³/mol. The molecule has 1 saturated heterocycles. The van der Waals surface area contributed by atoms with Gasteiger partial charge in [0.15, 0.2) is 0 Å². The molecule has 26 heavy (non-hydrogen) atoms. The average Bonchev–Trinajstić information content (AvgIpc) is 3.33. The van der Waals surface area contributed by atoms with Crippen molar-refractivity contribution in [3.63, 3.8) is 0 Å². The van der Waals surface area contributed by atoms with Gasteiger partial charge in [0.1, 0.15) is 0 Å². The molecule has 1 aromatic heterocycles. The largest absolute Gasteiger partial charge is 0.345 e. The molecule has 6 nitrogen and oxygen atoms in total. The van der Waals surface area contributed by atoms with Gasteiger partial charge >= 0.3 is 6.03 Å². The molecular formula is C20H32N4O2. The summed E-state index contributed by atoms with van der Waals surface area (Å²) >= 11 is 0. The van der Waals surface area contributed by atoms with Crippen LogP contribution in [0, 0.1) is 13.8 Å². The molecule has 1 saturated carbocycles. The maximum Gasteiger partial charge on any atom is 0.317 e. The molecule has 144 valence electrons. The highest BCUT2D eigenvalue weighted by Gasteiger charge is 2.30. The number of carbonyl (C=O) groups excluding carboxylic acids is 2. The van der Waals surface area contributed by atoms with Crippen molar-refractivity contribution in [3.8, 4) is 0 Å². The zero-order valence-electron chi connectivity index (χ0n) is 16.8. The Morgan fingerprint density at radius 3 is 2.27 bits per heavy atom. The minimum absolute atomic E-state index is 0.0429. The van der Waals surface area contributed by atoms with E-state index in [9.17, 15) is 9.59 Å². The number of aromatic nitrogens is 1. The number of amides is 3. The van der Waals surface area contributed by atoms with E-state index in [1.54, 1.807) is 0 Å². The van der Waals surface area contributed by atoms with E-state index in [1.165, 1.54) is 18.5 Å². The third-order valence-electron chi connectivity index (χ3n) is 5.18. The lowest BCUT2D eigenvalue weighted by molar-refractivity contribution is 0.0761. The van der Waals surface area contributed by atoms with Crippen LogP contribution in [0.1, 0.15) is 67.8 Å². The van der Waals surface area contributed by atoms with Gasteiger partial charge in [-0.05, 0) is 59.9 Å². The van der Waals surface area contributed by atoms with Crippen LogP contribution in [0.4, 0.5) is 4.79 Å². The number of aryl methyl sites for hydroxylation is 1. The molecule has 3 amide bonds. The van der Waals surface area contributed by atoms with Crippen molar-refractivity contribution in [1.29, 1.82) is 0 Å². The van der Waals surface area contributed by atoms with Gasteiger partial charge in [-0.15, -0.1) is 0 Å². The van der Waals surface area contributed by atoms with E-state index in [4.69, 9.17) is 0 Å². The van der Waals surface area contributed by atoms with Crippen LogP contribution in [0.2, 0.25) is 0 Å². The van der Waals surface area contributed by atoms with Gasteiger partial charge in [0.25, 0.3) is 5.91 Å². The van der Waals surface area contributed by atoms with Crippen LogP contribution in [0.3, 0.4) is 0 Å². The number of hydrogen-bond donors (Lipinski definition) is 1. The maximum absolute atomic E-state index is 13.1. The zero-order chi connectivity index (χ0) is 19.1. The first-order chi connectivity index (χ1) is 12.2. The summed E-state index contributed by atoms with van der Waals surface area (Å²) in [5.74, 6) is 0.100. The summed E-state index contributed by atoms with van der Waals surface area (Å²) < 4.78 is 2.31. The quantitative estimate of drug-likeness (QED) is 0.881. The van der Waals surface area contributed by atoms with Crippen LogP contribution in [0.25, 0.3) is 0 Å². The lowest BCUT2D eigenvalue weighted by atomic mass is 10.1. The molecule has 0 bridgehead atoms. The van der Waals surface area contributed by atoms with E-state index < -0.39 is 0 Å². The van der Waals surface area contributed by atoms with Crippen molar-refractivity contribution >= 4 is 11.9 Å². The molecule has 0 atom stereocenters. The summed E-state index contributed by atoms with van der Waals surface area (Å²) in [7, 11) is 0. The van der Waals surface area contributed by atoms with Crippen molar-refractivity contribution < 1.29 is 9.59 Å². The van der Waals surface area contributed by atoms with E-state index >= 15 is 0 Å². The van der Waals surface area contributed by atoms with Crippen LogP contribution in [0.5, 0.6) is 0 Å². The number of carbonyl (C=O) groups is 2. The van der Waals surface area contributed by atoms with Gasteiger partial charge in [0.2, 0.25) is 0 Å². The second-order valence-electron chi connectivity index (χ2n) is 8.70. The molecule has 1 aliphatic heterocycles. The van der Waals surface area contributed by atoms with E-state index in [2.05, 4.69) is 23.7 Å². The van der Waals surface area contributed by atoms with Crippen molar-refractivity contribution in [2.24, 2.45) is 0 Å². The summed E-state index contributed by atoms with van der Waals surface area (Å²) in [5, 5.41) is 3.01. The normalized spacial score (nSPS) is 18.7. The smallest absolute Gasteiger partial charge is 0.317 e. The van der Waals surface area contributed by atoms with Gasteiger partial charge in [0.05, 0.1) is 5.56 Å². The molecular weight excluding hydrogens is 328 g/mol. The molecule has 2 fully saturated rings. The Labute approximate surface area is 156 Å². The number of urea groups is 1. The van der Waals surface area contributed by atoms with Crippen LogP contribution in [0.15, 0.2) is 6.07 Å². The Hall–Kier alpha value is -1.98. The van der Waals surface area contributed by atoms with Gasteiger partial charge in [-0.1, -0.05) is 0 Å². The SMILES string of the molecule is Cc1cc(C(=O)N2CCCN(C(=O)NC(C)(C)C)CC2)c(C)n1C1CC1. The van der Waals surface area contributed by atoms with E-state index in [-0.39, 0.29) is 17.5 Å². The van der Waals surface area contributed by atoms with Gasteiger partial charge in [-0.25, -0.2) is 4.79 Å². The number of nitrogens with one attached hydrogen (secondary N) is 1. The fourth-order valence-electron chi connectivity index (χ4n) is 3.78. The second-order valence-corrected chi connectivity index (χ2v) is 8.70. The molecule has 6 heteroatoms. The highest BCUT2D eigenvalue weighted by molar-refractivity contribution is 5.95. The summed E-state index contributed by atoms with van der Waals surface area (Å²) in [6, 6.07) is 2.57. The van der Waals surface area contributed by atoms with Gasteiger partial charge in [-0.3, -0.25) is 4.79 Å². The lowest BCUT2D eigenvalue weighted by Gasteiger charge is -2.27. The van der Waals surface area contributed by atoms with Crippen LogP contribution in [-0.4, -0.2) is 58.0 Å². The summed E-state index contributed by atoms with van der Waals surface area (Å²) in [6.45, 7) is 12.6. The third-order valence-corrected chi connectivity index (χ3v) is 5.18. The summed E-state index contributed by atoms with van der Waals surface area (Å²) in [5.41, 5.74) is 2.83. The Morgan fingerprint density at radius 2 is 1.65 bits per heavy atom. The van der Waals surface area contributed by atoms with Gasteiger partial charge in [0, 0.05) is 49.1 Å². The van der Waals surface area contributed by atoms with E-state index in [1.807, 2.05) is 36.6 Å². The molecule has 1 aromatic rings. The van der Waals surface area contributed by atoms with E-state index in [0.29, 0.717) is 32.2 Å². The first-order valence-electron chi connectivity index (χ1n) is 9.72. The van der Waals surface area contributed by atoms with Crippen LogP contribution >= 0.6 is 0 Å². The molecule has 1 N–H and O–H groups in total. The first-order valence-corrected chi connectivity index (χ1v) is 9.72. The first kappa shape index (κ1) is 18.8. The summed E-state index contributed by atoms with van der Waals surface area (Å²) in [6.07, 6.45) is 3.24. The van der Waals surface area contributed by atoms with Crippen LogP contribution < -0.4 is 5.32 Å². The van der Waals surface area contributed by atoms with Crippen LogP contribution in [-0.2, 0) is 0 Å². The second kappa shape index (κ2) is 6.97. The van der Waals surface area contributed by atoms with Crippen molar-refractivity contribution in [1.82, 2.24) is 19.7 Å². The van der Waals surface area contributed by atoms with Gasteiger partial charge < -0.3 is 19.7 Å². The Balaban J connectivity index is 1.67. The maximum atomic E-state index is 13.1. The van der Waals surface area contributed by atoms with Crippen molar-refractivity contribution in [2.45, 2.75) is 65.5 Å². The number of rotatable bonds is 2. The fourth-order valence-corrected chi connectivity index (χ4v) is 3.78. The highest BCUT2D eigenvalue weighted by Crippen LogP contribution is 2.38. The standard InChI is InChI=1S/C20H32N4O2/c1-14-13-17(15(2)24(14)16-7-8-16)18(25)22-9-6-10-23(12-11-22)19(26)21-20(3,4)5/h13,16H,6-12H2,1-5H3,(H,21,26). The molecule has 2 heterocycles. The molecule has 0 unspecified atom stereocenters. The monoisotopic (exact) mass is 360 g/mol. The number of hydrogen-bond acceptors (Lipinski definition) is 2. The zero-order valence-corrected chi connectivity index (χ0v) is 16.8. The fraction of sp³-hybridized carbons (Fsp3) is 0.700. The molecule has 0 spiro atoms. The molecule has 0 radical (unpaired) electrons. The topological polar surface area (TPSA) is 57.6 Å².